The van der Waals surface area contributed by atoms with Crippen molar-refractivity contribution in [2.75, 3.05) is 6.61 Å². The van der Waals surface area contributed by atoms with Gasteiger partial charge in [0.2, 0.25) is 0 Å². The topological polar surface area (TPSA) is 63.6 Å². The zero-order chi connectivity index (χ0) is 15.0. The van der Waals surface area contributed by atoms with E-state index in [-0.39, 0.29) is 11.1 Å². The fourth-order valence-corrected chi connectivity index (χ4v) is 1.89. The minimum Gasteiger partial charge on any atom is -0.478 e. The number of hydrogen-bond acceptors (Lipinski definition) is 3. The Morgan fingerprint density at radius 1 is 1.20 bits per heavy atom. The second kappa shape index (κ2) is 8.35. The average molecular weight is 278 g/mol. The molecule has 0 heterocycles. The van der Waals surface area contributed by atoms with Crippen molar-refractivity contribution < 1.29 is 19.4 Å². The van der Waals surface area contributed by atoms with Gasteiger partial charge in [-0.05, 0) is 30.9 Å². The minimum absolute atomic E-state index is 0.0166. The van der Waals surface area contributed by atoms with Gasteiger partial charge < -0.3 is 9.84 Å². The van der Waals surface area contributed by atoms with Gasteiger partial charge in [-0.15, -0.1) is 0 Å². The van der Waals surface area contributed by atoms with Crippen molar-refractivity contribution in [2.45, 2.75) is 39.5 Å². The number of carbonyl (C=O) groups is 2. The van der Waals surface area contributed by atoms with Gasteiger partial charge in [0.1, 0.15) is 0 Å². The molecule has 4 heteroatoms. The quantitative estimate of drug-likeness (QED) is 0.581. The van der Waals surface area contributed by atoms with Gasteiger partial charge in [-0.1, -0.05) is 38.8 Å². The predicted octanol–water partition coefficient (Wildman–Crippen LogP) is 3.76. The van der Waals surface area contributed by atoms with Crippen molar-refractivity contribution >= 4 is 11.9 Å². The smallest absolute Gasteiger partial charge is 0.339 e. The summed E-state index contributed by atoms with van der Waals surface area (Å²) in [5.74, 6) is -0.987. The molecule has 0 aliphatic carbocycles. The van der Waals surface area contributed by atoms with Crippen LogP contribution in [-0.2, 0) is 4.74 Å². The Morgan fingerprint density at radius 2 is 1.85 bits per heavy atom. The first kappa shape index (κ1) is 16.2. The number of esters is 1. The Morgan fingerprint density at radius 3 is 2.45 bits per heavy atom. The molecule has 0 radical (unpaired) electrons. The number of carboxylic acids is 1. The minimum atomic E-state index is -1.12. The van der Waals surface area contributed by atoms with E-state index in [2.05, 4.69) is 13.8 Å². The zero-order valence-electron chi connectivity index (χ0n) is 12.1. The highest BCUT2D eigenvalue weighted by Crippen LogP contribution is 2.13. The van der Waals surface area contributed by atoms with E-state index in [9.17, 15) is 9.59 Å². The van der Waals surface area contributed by atoms with Gasteiger partial charge in [0.05, 0.1) is 17.7 Å². The van der Waals surface area contributed by atoms with E-state index in [0.29, 0.717) is 12.5 Å². The highest BCUT2D eigenvalue weighted by molar-refractivity contribution is 6.02. The zero-order valence-corrected chi connectivity index (χ0v) is 12.1. The van der Waals surface area contributed by atoms with Crippen molar-refractivity contribution in [3.05, 3.63) is 35.4 Å². The molecule has 0 aliphatic heterocycles. The van der Waals surface area contributed by atoms with Crippen molar-refractivity contribution in [1.29, 1.82) is 0 Å². The molecule has 4 nitrogen and oxygen atoms in total. The molecule has 0 saturated carbocycles. The number of hydrogen-bond donors (Lipinski definition) is 1. The van der Waals surface area contributed by atoms with Crippen LogP contribution in [0.2, 0.25) is 0 Å². The first-order valence-electron chi connectivity index (χ1n) is 7.05. The molecular weight excluding hydrogens is 256 g/mol. The van der Waals surface area contributed by atoms with Crippen LogP contribution in [0.25, 0.3) is 0 Å². The highest BCUT2D eigenvalue weighted by Gasteiger charge is 2.16. The van der Waals surface area contributed by atoms with Crippen LogP contribution < -0.4 is 0 Å². The number of carboxylic acid groups (broad SMARTS) is 1. The third-order valence-electron chi connectivity index (χ3n) is 3.40. The van der Waals surface area contributed by atoms with Gasteiger partial charge >= 0.3 is 11.9 Å². The van der Waals surface area contributed by atoms with Crippen molar-refractivity contribution in [3.63, 3.8) is 0 Å². The van der Waals surface area contributed by atoms with Crippen LogP contribution in [0.3, 0.4) is 0 Å². The van der Waals surface area contributed by atoms with Gasteiger partial charge in [0.25, 0.3) is 0 Å². The summed E-state index contributed by atoms with van der Waals surface area (Å²) < 4.78 is 5.13. The molecule has 0 amide bonds. The Bertz CT molecular complexity index is 454. The van der Waals surface area contributed by atoms with Crippen LogP contribution in [0, 0.1) is 5.92 Å². The maximum atomic E-state index is 11.8. The van der Waals surface area contributed by atoms with Crippen LogP contribution >= 0.6 is 0 Å². The molecule has 0 spiro atoms. The van der Waals surface area contributed by atoms with E-state index < -0.39 is 11.9 Å². The number of carbonyl (C=O) groups excluding carboxylic acids is 1. The number of unbranched alkanes of at least 4 members (excludes halogenated alkanes) is 1. The number of benzene rings is 1. The molecule has 1 rings (SSSR count). The standard InChI is InChI=1S/C16H22O4/c1-3-12(2)8-6-7-11-20-16(19)14-10-5-4-9-13(14)15(17)18/h4-5,9-10,12H,3,6-8,11H2,1-2H3,(H,17,18). The molecule has 1 N–H and O–H groups in total. The molecule has 0 aliphatic rings. The van der Waals surface area contributed by atoms with Gasteiger partial charge in [-0.3, -0.25) is 0 Å². The van der Waals surface area contributed by atoms with E-state index in [1.807, 2.05) is 0 Å². The molecule has 0 saturated heterocycles. The first-order chi connectivity index (χ1) is 9.56. The molecule has 20 heavy (non-hydrogen) atoms. The SMILES string of the molecule is CCC(C)CCCCOC(=O)c1ccccc1C(=O)O. The summed E-state index contributed by atoms with van der Waals surface area (Å²) in [5, 5.41) is 9.00. The fourth-order valence-electron chi connectivity index (χ4n) is 1.89. The Balaban J connectivity index is 2.42. The van der Waals surface area contributed by atoms with Crippen LogP contribution in [0.1, 0.15) is 60.2 Å². The summed E-state index contributed by atoms with van der Waals surface area (Å²) in [6.07, 6.45) is 4.11. The molecule has 1 atom stereocenters. The lowest BCUT2D eigenvalue weighted by Gasteiger charge is -2.09. The predicted molar refractivity (Wildman–Crippen MR) is 77.0 cm³/mol. The molecular formula is C16H22O4. The van der Waals surface area contributed by atoms with Gasteiger partial charge in [-0.2, -0.15) is 0 Å². The maximum Gasteiger partial charge on any atom is 0.339 e. The highest BCUT2D eigenvalue weighted by atomic mass is 16.5. The number of aromatic carboxylic acids is 1. The Labute approximate surface area is 119 Å². The number of rotatable bonds is 8. The maximum absolute atomic E-state index is 11.8. The summed E-state index contributed by atoms with van der Waals surface area (Å²) in [6.45, 7) is 4.70. The molecule has 0 aromatic heterocycles. The van der Waals surface area contributed by atoms with Gasteiger partial charge in [-0.25, -0.2) is 9.59 Å². The monoisotopic (exact) mass is 278 g/mol. The van der Waals surface area contributed by atoms with E-state index in [0.717, 1.165) is 25.7 Å². The summed E-state index contributed by atoms with van der Waals surface area (Å²) in [5.41, 5.74) is 0.0963. The lowest BCUT2D eigenvalue weighted by molar-refractivity contribution is 0.0486. The Hall–Kier alpha value is -1.84. The average Bonchev–Trinajstić information content (AvgIpc) is 2.46. The summed E-state index contributed by atoms with van der Waals surface area (Å²) in [7, 11) is 0. The van der Waals surface area contributed by atoms with Crippen LogP contribution in [-0.4, -0.2) is 23.7 Å². The molecule has 0 bridgehead atoms. The van der Waals surface area contributed by atoms with Gasteiger partial charge in [0, 0.05) is 0 Å². The fraction of sp³-hybridized carbons (Fsp3) is 0.500. The van der Waals surface area contributed by atoms with E-state index in [4.69, 9.17) is 9.84 Å². The third-order valence-corrected chi connectivity index (χ3v) is 3.40. The van der Waals surface area contributed by atoms with E-state index in [1.165, 1.54) is 12.1 Å². The lowest BCUT2D eigenvalue weighted by atomic mass is 10.0. The summed E-state index contributed by atoms with van der Waals surface area (Å²) in [6, 6.07) is 6.10. The van der Waals surface area contributed by atoms with E-state index >= 15 is 0 Å². The normalized spacial score (nSPS) is 11.9. The van der Waals surface area contributed by atoms with E-state index in [1.54, 1.807) is 12.1 Å². The molecule has 1 aromatic carbocycles. The third kappa shape index (κ3) is 5.03. The first-order valence-corrected chi connectivity index (χ1v) is 7.05. The van der Waals surface area contributed by atoms with Crippen molar-refractivity contribution in [3.8, 4) is 0 Å². The molecule has 1 unspecified atom stereocenters. The molecule has 110 valence electrons. The van der Waals surface area contributed by atoms with Crippen LogP contribution in [0.5, 0.6) is 0 Å². The number of ether oxygens (including phenoxy) is 1. The van der Waals surface area contributed by atoms with Crippen LogP contribution in [0.4, 0.5) is 0 Å². The van der Waals surface area contributed by atoms with Crippen molar-refractivity contribution in [1.82, 2.24) is 0 Å². The van der Waals surface area contributed by atoms with Gasteiger partial charge in [0.15, 0.2) is 0 Å². The molecule has 1 aromatic rings. The second-order valence-electron chi connectivity index (χ2n) is 5.00. The Kier molecular flexibility index (Phi) is 6.77. The lowest BCUT2D eigenvalue weighted by Crippen LogP contribution is -2.12. The summed E-state index contributed by atoms with van der Waals surface area (Å²) in [4.78, 5) is 22.8. The van der Waals surface area contributed by atoms with Crippen LogP contribution in [0.15, 0.2) is 24.3 Å². The van der Waals surface area contributed by atoms with Crippen molar-refractivity contribution in [2.24, 2.45) is 5.92 Å². The summed E-state index contributed by atoms with van der Waals surface area (Å²) >= 11 is 0. The largest absolute Gasteiger partial charge is 0.478 e. The second-order valence-corrected chi connectivity index (χ2v) is 5.00. The molecule has 0 fully saturated rings.